The molecule has 0 aliphatic heterocycles. The lowest BCUT2D eigenvalue weighted by Crippen LogP contribution is -1.90. The molecule has 2 aromatic rings. The summed E-state index contributed by atoms with van der Waals surface area (Å²) in [5.74, 6) is 0. The van der Waals surface area contributed by atoms with Crippen molar-refractivity contribution < 1.29 is 0 Å². The molecule has 1 unspecified atom stereocenters. The minimum absolute atomic E-state index is 0.0614. The SMILES string of the molecule is Cc1ccc(C(Cl)c2sc(C)cc2Br)cc1. The summed E-state index contributed by atoms with van der Waals surface area (Å²) in [5.41, 5.74) is 2.41. The summed E-state index contributed by atoms with van der Waals surface area (Å²) in [5, 5.41) is -0.0614. The number of hydrogen-bond donors (Lipinski definition) is 0. The topological polar surface area (TPSA) is 0 Å². The summed E-state index contributed by atoms with van der Waals surface area (Å²) in [6, 6.07) is 10.5. The van der Waals surface area contributed by atoms with Crippen molar-refractivity contribution in [2.75, 3.05) is 0 Å². The third kappa shape index (κ3) is 2.50. The van der Waals surface area contributed by atoms with Crippen LogP contribution in [-0.4, -0.2) is 0 Å². The zero-order valence-electron chi connectivity index (χ0n) is 9.13. The molecular weight excluding hydrogens is 304 g/mol. The lowest BCUT2D eigenvalue weighted by Gasteiger charge is -2.08. The second kappa shape index (κ2) is 4.91. The Kier molecular flexibility index (Phi) is 3.73. The second-order valence-corrected chi connectivity index (χ2v) is 6.42. The van der Waals surface area contributed by atoms with Crippen LogP contribution in [0.25, 0.3) is 0 Å². The molecule has 1 heterocycles. The normalized spacial score (nSPS) is 12.8. The van der Waals surface area contributed by atoms with Crippen LogP contribution >= 0.6 is 38.9 Å². The van der Waals surface area contributed by atoms with Gasteiger partial charge in [0.25, 0.3) is 0 Å². The van der Waals surface area contributed by atoms with Crippen LogP contribution in [0.15, 0.2) is 34.8 Å². The van der Waals surface area contributed by atoms with E-state index in [9.17, 15) is 0 Å². The van der Waals surface area contributed by atoms with Crippen LogP contribution in [0.3, 0.4) is 0 Å². The van der Waals surface area contributed by atoms with Crippen molar-refractivity contribution >= 4 is 38.9 Å². The summed E-state index contributed by atoms with van der Waals surface area (Å²) in [6.07, 6.45) is 0. The Bertz CT molecular complexity index is 487. The summed E-state index contributed by atoms with van der Waals surface area (Å²) in [4.78, 5) is 2.46. The Labute approximate surface area is 113 Å². The van der Waals surface area contributed by atoms with E-state index in [1.54, 1.807) is 11.3 Å². The number of halogens is 2. The number of thiophene rings is 1. The van der Waals surface area contributed by atoms with Gasteiger partial charge in [-0.25, -0.2) is 0 Å². The third-order valence-corrected chi connectivity index (χ3v) is 5.07. The van der Waals surface area contributed by atoms with Gasteiger partial charge in [0.2, 0.25) is 0 Å². The maximum atomic E-state index is 6.48. The van der Waals surface area contributed by atoms with Gasteiger partial charge in [0.1, 0.15) is 0 Å². The molecule has 0 nitrogen and oxygen atoms in total. The molecule has 0 radical (unpaired) electrons. The van der Waals surface area contributed by atoms with Crippen molar-refractivity contribution in [1.82, 2.24) is 0 Å². The predicted octanol–water partition coefficient (Wildman–Crippen LogP) is 5.46. The number of benzene rings is 1. The molecule has 0 aliphatic rings. The quantitative estimate of drug-likeness (QED) is 0.646. The van der Waals surface area contributed by atoms with Crippen molar-refractivity contribution in [3.05, 3.63) is 55.7 Å². The Balaban J connectivity index is 2.35. The smallest absolute Gasteiger partial charge is 0.0939 e. The minimum atomic E-state index is -0.0614. The average Bonchev–Trinajstić information content (AvgIpc) is 2.58. The molecule has 1 aromatic heterocycles. The summed E-state index contributed by atoms with van der Waals surface area (Å²) >= 11 is 11.8. The van der Waals surface area contributed by atoms with Crippen LogP contribution in [0.5, 0.6) is 0 Å². The second-order valence-electron chi connectivity index (χ2n) is 3.84. The fourth-order valence-corrected chi connectivity index (χ4v) is 3.98. The maximum absolute atomic E-state index is 6.48. The molecule has 0 bridgehead atoms. The average molecular weight is 316 g/mol. The van der Waals surface area contributed by atoms with Crippen molar-refractivity contribution in [3.63, 3.8) is 0 Å². The lowest BCUT2D eigenvalue weighted by molar-refractivity contribution is 1.17. The van der Waals surface area contributed by atoms with Gasteiger partial charge < -0.3 is 0 Å². The standard InChI is InChI=1S/C13H12BrClS/c1-8-3-5-10(6-4-8)12(15)13-11(14)7-9(2)16-13/h3-7,12H,1-2H3. The Morgan fingerprint density at radius 3 is 2.31 bits per heavy atom. The van der Waals surface area contributed by atoms with Gasteiger partial charge in [-0.1, -0.05) is 29.8 Å². The number of alkyl halides is 1. The van der Waals surface area contributed by atoms with Gasteiger partial charge in [-0.05, 0) is 41.4 Å². The Morgan fingerprint density at radius 2 is 1.81 bits per heavy atom. The predicted molar refractivity (Wildman–Crippen MR) is 75.6 cm³/mol. The molecule has 0 saturated carbocycles. The van der Waals surface area contributed by atoms with E-state index in [4.69, 9.17) is 11.6 Å². The summed E-state index contributed by atoms with van der Waals surface area (Å²) < 4.78 is 1.11. The van der Waals surface area contributed by atoms with Crippen molar-refractivity contribution in [2.45, 2.75) is 19.2 Å². The fraction of sp³-hybridized carbons (Fsp3) is 0.231. The Morgan fingerprint density at radius 1 is 1.19 bits per heavy atom. The van der Waals surface area contributed by atoms with Gasteiger partial charge in [0.05, 0.1) is 5.38 Å². The molecule has 16 heavy (non-hydrogen) atoms. The maximum Gasteiger partial charge on any atom is 0.0939 e. The van der Waals surface area contributed by atoms with E-state index >= 15 is 0 Å². The van der Waals surface area contributed by atoms with Crippen LogP contribution in [0.4, 0.5) is 0 Å². The monoisotopic (exact) mass is 314 g/mol. The van der Waals surface area contributed by atoms with E-state index in [1.807, 2.05) is 0 Å². The van der Waals surface area contributed by atoms with E-state index < -0.39 is 0 Å². The molecule has 1 atom stereocenters. The first-order valence-electron chi connectivity index (χ1n) is 5.04. The summed E-state index contributed by atoms with van der Waals surface area (Å²) in [7, 11) is 0. The van der Waals surface area contributed by atoms with E-state index in [-0.39, 0.29) is 5.38 Å². The number of aryl methyl sites for hydroxylation is 2. The molecule has 0 spiro atoms. The first kappa shape index (κ1) is 12.2. The van der Waals surface area contributed by atoms with Gasteiger partial charge in [-0.2, -0.15) is 0 Å². The molecule has 0 amide bonds. The van der Waals surface area contributed by atoms with E-state index in [1.165, 1.54) is 15.3 Å². The van der Waals surface area contributed by atoms with Crippen molar-refractivity contribution in [1.29, 1.82) is 0 Å². The Hall–Kier alpha value is -0.310. The highest BCUT2D eigenvalue weighted by molar-refractivity contribution is 9.10. The van der Waals surface area contributed by atoms with E-state index in [0.29, 0.717) is 0 Å². The van der Waals surface area contributed by atoms with E-state index in [2.05, 4.69) is 60.1 Å². The molecule has 0 N–H and O–H groups in total. The lowest BCUT2D eigenvalue weighted by atomic mass is 10.1. The van der Waals surface area contributed by atoms with Gasteiger partial charge in [0, 0.05) is 14.2 Å². The zero-order valence-corrected chi connectivity index (χ0v) is 12.3. The minimum Gasteiger partial charge on any atom is -0.143 e. The van der Waals surface area contributed by atoms with Crippen LogP contribution in [-0.2, 0) is 0 Å². The molecular formula is C13H12BrClS. The molecule has 1 aromatic carbocycles. The first-order chi connectivity index (χ1) is 7.58. The molecule has 0 aliphatic carbocycles. The first-order valence-corrected chi connectivity index (χ1v) is 7.09. The van der Waals surface area contributed by atoms with Gasteiger partial charge in [0.15, 0.2) is 0 Å². The van der Waals surface area contributed by atoms with Gasteiger partial charge in [-0.3, -0.25) is 0 Å². The van der Waals surface area contributed by atoms with Crippen molar-refractivity contribution in [2.24, 2.45) is 0 Å². The largest absolute Gasteiger partial charge is 0.143 e. The van der Waals surface area contributed by atoms with Crippen LogP contribution in [0, 0.1) is 13.8 Å². The van der Waals surface area contributed by atoms with E-state index in [0.717, 1.165) is 10.0 Å². The molecule has 84 valence electrons. The molecule has 0 fully saturated rings. The molecule has 0 saturated heterocycles. The highest BCUT2D eigenvalue weighted by Crippen LogP contribution is 2.39. The van der Waals surface area contributed by atoms with Crippen LogP contribution in [0.1, 0.15) is 26.3 Å². The highest BCUT2D eigenvalue weighted by Gasteiger charge is 2.16. The number of rotatable bonds is 2. The third-order valence-electron chi connectivity index (χ3n) is 2.44. The highest BCUT2D eigenvalue weighted by atomic mass is 79.9. The molecule has 3 heteroatoms. The molecule has 2 rings (SSSR count). The van der Waals surface area contributed by atoms with Gasteiger partial charge in [-0.15, -0.1) is 22.9 Å². The zero-order chi connectivity index (χ0) is 11.7. The summed E-state index contributed by atoms with van der Waals surface area (Å²) in [6.45, 7) is 4.18. The van der Waals surface area contributed by atoms with Crippen LogP contribution in [0.2, 0.25) is 0 Å². The van der Waals surface area contributed by atoms with Crippen molar-refractivity contribution in [3.8, 4) is 0 Å². The number of hydrogen-bond acceptors (Lipinski definition) is 1. The van der Waals surface area contributed by atoms with Gasteiger partial charge >= 0.3 is 0 Å². The fourth-order valence-electron chi connectivity index (χ4n) is 1.56. The van der Waals surface area contributed by atoms with Crippen LogP contribution < -0.4 is 0 Å².